The molecule has 2 atom stereocenters. The number of rotatable bonds is 4. The van der Waals surface area contributed by atoms with Crippen molar-refractivity contribution in [1.29, 1.82) is 0 Å². The van der Waals surface area contributed by atoms with Gasteiger partial charge < -0.3 is 5.32 Å². The zero-order valence-corrected chi connectivity index (χ0v) is 13.3. The molecular formula is C14H18ClF2NO2S. The summed E-state index contributed by atoms with van der Waals surface area (Å²) >= 11 is 6.00. The normalized spacial score (nSPS) is 23.0. The predicted octanol–water partition coefficient (Wildman–Crippen LogP) is 3.24. The van der Waals surface area contributed by atoms with Crippen molar-refractivity contribution in [3.63, 3.8) is 0 Å². The van der Waals surface area contributed by atoms with Crippen molar-refractivity contribution in [2.75, 3.05) is 12.3 Å². The first-order chi connectivity index (χ1) is 9.86. The van der Waals surface area contributed by atoms with Crippen molar-refractivity contribution in [2.45, 2.75) is 37.5 Å². The summed E-state index contributed by atoms with van der Waals surface area (Å²) in [4.78, 5) is 0. The van der Waals surface area contributed by atoms with E-state index in [2.05, 4.69) is 5.32 Å². The van der Waals surface area contributed by atoms with Gasteiger partial charge in [-0.1, -0.05) is 24.9 Å². The average molecular weight is 338 g/mol. The molecule has 1 N–H and O–H groups in total. The highest BCUT2D eigenvalue weighted by atomic mass is 35.5. The lowest BCUT2D eigenvalue weighted by molar-refractivity contribution is 0.448. The Morgan fingerprint density at radius 3 is 2.62 bits per heavy atom. The van der Waals surface area contributed by atoms with Gasteiger partial charge in [-0.05, 0) is 37.1 Å². The van der Waals surface area contributed by atoms with Gasteiger partial charge in [-0.15, -0.1) is 0 Å². The lowest BCUT2D eigenvalue weighted by Crippen LogP contribution is -2.40. The van der Waals surface area contributed by atoms with E-state index in [1.54, 1.807) is 0 Å². The molecule has 0 spiro atoms. The number of nitrogens with one attached hydrogen (secondary N) is 1. The summed E-state index contributed by atoms with van der Waals surface area (Å²) in [6.07, 6.45) is 1.94. The van der Waals surface area contributed by atoms with E-state index in [1.165, 1.54) is 0 Å². The van der Waals surface area contributed by atoms with E-state index in [1.807, 2.05) is 6.92 Å². The van der Waals surface area contributed by atoms with Crippen LogP contribution in [0.5, 0.6) is 0 Å². The molecule has 118 valence electrons. The van der Waals surface area contributed by atoms with Crippen molar-refractivity contribution in [3.05, 3.63) is 34.4 Å². The summed E-state index contributed by atoms with van der Waals surface area (Å²) in [5, 5.41) is 2.44. The van der Waals surface area contributed by atoms with Gasteiger partial charge in [0.1, 0.15) is 0 Å². The van der Waals surface area contributed by atoms with Gasteiger partial charge in [0.2, 0.25) is 0 Å². The van der Waals surface area contributed by atoms with Crippen molar-refractivity contribution < 1.29 is 17.2 Å². The lowest BCUT2D eigenvalue weighted by atomic mass is 9.99. The minimum atomic E-state index is -3.27. The van der Waals surface area contributed by atoms with Crippen molar-refractivity contribution in [3.8, 4) is 0 Å². The van der Waals surface area contributed by atoms with E-state index in [0.29, 0.717) is 24.9 Å². The molecule has 21 heavy (non-hydrogen) atoms. The van der Waals surface area contributed by atoms with Crippen LogP contribution in [0.2, 0.25) is 5.02 Å². The van der Waals surface area contributed by atoms with E-state index < -0.39 is 32.8 Å². The topological polar surface area (TPSA) is 46.2 Å². The lowest BCUT2D eigenvalue weighted by Gasteiger charge is -2.31. The van der Waals surface area contributed by atoms with Crippen LogP contribution in [0.1, 0.15) is 37.8 Å². The van der Waals surface area contributed by atoms with Crippen LogP contribution in [0.25, 0.3) is 0 Å². The third kappa shape index (κ3) is 3.55. The Balaban J connectivity index is 2.46. The Morgan fingerprint density at radius 2 is 2.00 bits per heavy atom. The second-order valence-corrected chi connectivity index (χ2v) is 7.97. The molecule has 1 aliphatic rings. The zero-order chi connectivity index (χ0) is 15.6. The highest BCUT2D eigenvalue weighted by Crippen LogP contribution is 2.35. The van der Waals surface area contributed by atoms with E-state index in [9.17, 15) is 17.2 Å². The molecule has 0 radical (unpaired) electrons. The van der Waals surface area contributed by atoms with Crippen LogP contribution >= 0.6 is 11.6 Å². The van der Waals surface area contributed by atoms with E-state index >= 15 is 0 Å². The number of hydrogen-bond donors (Lipinski definition) is 1. The monoisotopic (exact) mass is 337 g/mol. The van der Waals surface area contributed by atoms with Gasteiger partial charge in [0.15, 0.2) is 21.5 Å². The summed E-state index contributed by atoms with van der Waals surface area (Å²) in [6, 6.07) is 1.27. The highest BCUT2D eigenvalue weighted by molar-refractivity contribution is 7.92. The first-order valence-corrected chi connectivity index (χ1v) is 9.05. The van der Waals surface area contributed by atoms with Crippen LogP contribution in [0.4, 0.5) is 8.78 Å². The quantitative estimate of drug-likeness (QED) is 0.858. The molecule has 1 aromatic rings. The molecule has 1 fully saturated rings. The number of halogens is 3. The summed E-state index contributed by atoms with van der Waals surface area (Å²) in [5.74, 6) is -1.93. The molecule has 2 unspecified atom stereocenters. The second-order valence-electron chi connectivity index (χ2n) is 5.22. The van der Waals surface area contributed by atoms with Gasteiger partial charge in [-0.3, -0.25) is 0 Å². The Bertz CT molecular complexity index is 622. The van der Waals surface area contributed by atoms with Crippen LogP contribution < -0.4 is 5.32 Å². The number of sulfone groups is 1. The smallest absolute Gasteiger partial charge is 0.160 e. The Morgan fingerprint density at radius 1 is 1.33 bits per heavy atom. The SMILES string of the molecule is CCNC(c1cc(F)c(F)cc1Cl)C1CCCCS1(=O)=O. The van der Waals surface area contributed by atoms with E-state index in [4.69, 9.17) is 11.6 Å². The van der Waals surface area contributed by atoms with Gasteiger partial charge in [0.05, 0.1) is 17.0 Å². The number of benzene rings is 1. The molecule has 1 aromatic carbocycles. The third-order valence-electron chi connectivity index (χ3n) is 3.80. The van der Waals surface area contributed by atoms with Crippen LogP contribution in [0.15, 0.2) is 12.1 Å². The molecule has 0 saturated carbocycles. The molecule has 1 saturated heterocycles. The van der Waals surface area contributed by atoms with Crippen molar-refractivity contribution >= 4 is 21.4 Å². The molecule has 7 heteroatoms. The van der Waals surface area contributed by atoms with E-state index in [0.717, 1.165) is 18.6 Å². The maximum atomic E-state index is 13.5. The molecule has 0 aromatic heterocycles. The number of hydrogen-bond acceptors (Lipinski definition) is 3. The van der Waals surface area contributed by atoms with Gasteiger partial charge >= 0.3 is 0 Å². The minimum absolute atomic E-state index is 0.0422. The van der Waals surface area contributed by atoms with Crippen LogP contribution in [0.3, 0.4) is 0 Å². The van der Waals surface area contributed by atoms with Crippen LogP contribution in [0, 0.1) is 11.6 Å². The average Bonchev–Trinajstić information content (AvgIpc) is 2.41. The minimum Gasteiger partial charge on any atom is -0.309 e. The fraction of sp³-hybridized carbons (Fsp3) is 0.571. The van der Waals surface area contributed by atoms with Gasteiger partial charge in [0, 0.05) is 5.02 Å². The largest absolute Gasteiger partial charge is 0.309 e. The Kier molecular flexibility index (Phi) is 5.22. The maximum Gasteiger partial charge on any atom is 0.160 e. The van der Waals surface area contributed by atoms with Gasteiger partial charge in [-0.25, -0.2) is 17.2 Å². The first kappa shape index (κ1) is 16.6. The molecule has 0 aliphatic carbocycles. The molecule has 3 nitrogen and oxygen atoms in total. The second kappa shape index (κ2) is 6.58. The molecule has 0 amide bonds. The predicted molar refractivity (Wildman–Crippen MR) is 79.2 cm³/mol. The standard InChI is InChI=1S/C14H18ClF2NO2S/c1-2-18-14(13-5-3-4-6-21(13,19)20)9-7-11(16)12(17)8-10(9)15/h7-8,13-14,18H,2-6H2,1H3. The maximum absolute atomic E-state index is 13.5. The highest BCUT2D eigenvalue weighted by Gasteiger charge is 2.37. The van der Waals surface area contributed by atoms with Crippen LogP contribution in [-0.2, 0) is 9.84 Å². The van der Waals surface area contributed by atoms with Crippen molar-refractivity contribution in [2.24, 2.45) is 0 Å². The zero-order valence-electron chi connectivity index (χ0n) is 11.7. The Labute approximate surface area is 128 Å². The molecular weight excluding hydrogens is 320 g/mol. The summed E-state index contributed by atoms with van der Waals surface area (Å²) in [7, 11) is -3.27. The van der Waals surface area contributed by atoms with Crippen LogP contribution in [-0.4, -0.2) is 26.0 Å². The molecule has 1 heterocycles. The van der Waals surface area contributed by atoms with Gasteiger partial charge in [-0.2, -0.15) is 0 Å². The van der Waals surface area contributed by atoms with E-state index in [-0.39, 0.29) is 10.8 Å². The third-order valence-corrected chi connectivity index (χ3v) is 6.41. The molecule has 0 bridgehead atoms. The fourth-order valence-electron chi connectivity index (χ4n) is 2.79. The molecule has 1 aliphatic heterocycles. The molecule has 2 rings (SSSR count). The first-order valence-electron chi connectivity index (χ1n) is 6.96. The fourth-order valence-corrected chi connectivity index (χ4v) is 5.15. The summed E-state index contributed by atoms with van der Waals surface area (Å²) < 4.78 is 51.3. The van der Waals surface area contributed by atoms with Gasteiger partial charge in [0.25, 0.3) is 0 Å². The summed E-state index contributed by atoms with van der Waals surface area (Å²) in [5.41, 5.74) is 0.299. The van der Waals surface area contributed by atoms with Crippen molar-refractivity contribution in [1.82, 2.24) is 5.32 Å². The summed E-state index contributed by atoms with van der Waals surface area (Å²) in [6.45, 7) is 2.34. The Hall–Kier alpha value is -0.720.